The van der Waals surface area contributed by atoms with Crippen LogP contribution in [0.15, 0.2) is 11.1 Å². The molecule has 2 N–H and O–H groups in total. The largest absolute Gasteiger partial charge is 0.489 e. The molecule has 2 heterocycles. The van der Waals surface area contributed by atoms with Gasteiger partial charge in [0, 0.05) is 19.3 Å². The van der Waals surface area contributed by atoms with E-state index in [1.807, 2.05) is 0 Å². The molecule has 0 saturated carbocycles. The van der Waals surface area contributed by atoms with E-state index in [1.165, 1.54) is 13.4 Å². The monoisotopic (exact) mass is 225 g/mol. The number of ether oxygens (including phenoxy) is 2. The molecular formula is C10H15N3O3. The van der Waals surface area contributed by atoms with Gasteiger partial charge in [-0.05, 0) is 12.8 Å². The third kappa shape index (κ3) is 2.33. The summed E-state index contributed by atoms with van der Waals surface area (Å²) in [4.78, 5) is 18.0. The number of hydrogen-bond acceptors (Lipinski definition) is 5. The molecule has 0 aromatic carbocycles. The first kappa shape index (κ1) is 10.9. The summed E-state index contributed by atoms with van der Waals surface area (Å²) in [5.41, 5.74) is -0.271. The highest BCUT2D eigenvalue weighted by Gasteiger charge is 2.17. The fourth-order valence-electron chi connectivity index (χ4n) is 1.71. The molecular weight excluding hydrogens is 210 g/mol. The van der Waals surface area contributed by atoms with Crippen molar-refractivity contribution in [3.63, 3.8) is 0 Å². The zero-order chi connectivity index (χ0) is 11.4. The van der Waals surface area contributed by atoms with Crippen molar-refractivity contribution in [2.45, 2.75) is 18.9 Å². The number of methoxy groups -OCH3 is 1. The molecule has 0 amide bonds. The Bertz CT molecular complexity index is 399. The fraction of sp³-hybridized carbons (Fsp3) is 0.600. The van der Waals surface area contributed by atoms with Crippen molar-refractivity contribution >= 4 is 5.82 Å². The van der Waals surface area contributed by atoms with Crippen LogP contribution in [-0.2, 0) is 4.74 Å². The van der Waals surface area contributed by atoms with Gasteiger partial charge in [-0.25, -0.2) is 4.98 Å². The Balaban J connectivity index is 2.13. The molecule has 1 aromatic heterocycles. The fourth-order valence-corrected chi connectivity index (χ4v) is 1.71. The number of nitrogens with zero attached hydrogens (tertiary/aromatic N) is 1. The van der Waals surface area contributed by atoms with E-state index in [0.29, 0.717) is 5.82 Å². The molecule has 0 spiro atoms. The Morgan fingerprint density at radius 2 is 2.31 bits per heavy atom. The Kier molecular flexibility index (Phi) is 3.40. The summed E-state index contributed by atoms with van der Waals surface area (Å²) in [5.74, 6) is 0.729. The van der Waals surface area contributed by atoms with E-state index in [4.69, 9.17) is 9.47 Å². The molecule has 16 heavy (non-hydrogen) atoms. The third-order valence-electron chi connectivity index (χ3n) is 2.58. The molecule has 0 aliphatic carbocycles. The lowest BCUT2D eigenvalue weighted by Gasteiger charge is -2.23. The maximum absolute atomic E-state index is 11.4. The summed E-state index contributed by atoms with van der Waals surface area (Å²) in [5, 5.41) is 3.21. The number of aromatic nitrogens is 2. The topological polar surface area (TPSA) is 76.2 Å². The molecule has 6 heteroatoms. The van der Waals surface area contributed by atoms with Crippen LogP contribution in [0.1, 0.15) is 12.8 Å². The summed E-state index contributed by atoms with van der Waals surface area (Å²) in [6, 6.07) is 0.289. The van der Waals surface area contributed by atoms with Crippen LogP contribution in [0, 0.1) is 0 Å². The summed E-state index contributed by atoms with van der Waals surface area (Å²) in [7, 11) is 1.46. The lowest BCUT2D eigenvalue weighted by atomic mass is 10.1. The summed E-state index contributed by atoms with van der Waals surface area (Å²) in [6.07, 6.45) is 3.20. The van der Waals surface area contributed by atoms with Gasteiger partial charge in [0.05, 0.1) is 13.4 Å². The Labute approximate surface area is 93.0 Å². The maximum Gasteiger partial charge on any atom is 0.295 e. The van der Waals surface area contributed by atoms with E-state index in [0.717, 1.165) is 26.1 Å². The van der Waals surface area contributed by atoms with Gasteiger partial charge in [0.15, 0.2) is 5.82 Å². The van der Waals surface area contributed by atoms with Gasteiger partial charge in [0.2, 0.25) is 5.75 Å². The average molecular weight is 225 g/mol. The summed E-state index contributed by atoms with van der Waals surface area (Å²) in [6.45, 7) is 1.48. The van der Waals surface area contributed by atoms with Crippen molar-refractivity contribution in [3.8, 4) is 5.75 Å². The summed E-state index contributed by atoms with van der Waals surface area (Å²) >= 11 is 0. The van der Waals surface area contributed by atoms with Gasteiger partial charge in [-0.15, -0.1) is 0 Å². The highest BCUT2D eigenvalue weighted by atomic mass is 16.5. The van der Waals surface area contributed by atoms with Crippen molar-refractivity contribution in [1.82, 2.24) is 9.97 Å². The zero-order valence-corrected chi connectivity index (χ0v) is 9.16. The van der Waals surface area contributed by atoms with E-state index in [1.54, 1.807) is 0 Å². The molecule has 0 unspecified atom stereocenters. The van der Waals surface area contributed by atoms with Gasteiger partial charge in [-0.2, -0.15) is 0 Å². The van der Waals surface area contributed by atoms with Crippen molar-refractivity contribution in [3.05, 3.63) is 16.7 Å². The number of H-pyrrole nitrogens is 1. The molecule has 1 aliphatic rings. The van der Waals surface area contributed by atoms with Crippen LogP contribution in [-0.4, -0.2) is 36.3 Å². The predicted molar refractivity (Wildman–Crippen MR) is 58.9 cm³/mol. The standard InChI is InChI=1S/C10H15N3O3/c1-15-8-9(11-6-12-10(8)14)13-7-2-4-16-5-3-7/h6-7H,2-5H2,1H3,(H2,11,12,13,14). The van der Waals surface area contributed by atoms with Crippen molar-refractivity contribution in [1.29, 1.82) is 0 Å². The lowest BCUT2D eigenvalue weighted by molar-refractivity contribution is 0.0903. The number of aromatic amines is 1. The second kappa shape index (κ2) is 4.98. The van der Waals surface area contributed by atoms with Gasteiger partial charge in [0.25, 0.3) is 5.56 Å². The van der Waals surface area contributed by atoms with Crippen molar-refractivity contribution in [2.75, 3.05) is 25.6 Å². The second-order valence-electron chi connectivity index (χ2n) is 3.64. The van der Waals surface area contributed by atoms with Gasteiger partial charge in [0.1, 0.15) is 0 Å². The zero-order valence-electron chi connectivity index (χ0n) is 9.16. The Morgan fingerprint density at radius 1 is 1.56 bits per heavy atom. The molecule has 0 bridgehead atoms. The Hall–Kier alpha value is -1.56. The number of rotatable bonds is 3. The number of hydrogen-bond donors (Lipinski definition) is 2. The van der Waals surface area contributed by atoms with E-state index >= 15 is 0 Å². The predicted octanol–water partition coefficient (Wildman–Crippen LogP) is 0.369. The quantitative estimate of drug-likeness (QED) is 0.777. The first-order chi connectivity index (χ1) is 7.81. The van der Waals surface area contributed by atoms with Crippen LogP contribution >= 0.6 is 0 Å². The molecule has 1 aliphatic heterocycles. The van der Waals surface area contributed by atoms with Crippen LogP contribution in [0.25, 0.3) is 0 Å². The minimum atomic E-state index is -0.271. The van der Waals surface area contributed by atoms with Crippen LogP contribution in [0.3, 0.4) is 0 Å². The van der Waals surface area contributed by atoms with Gasteiger partial charge >= 0.3 is 0 Å². The molecule has 1 saturated heterocycles. The molecule has 0 radical (unpaired) electrons. The smallest absolute Gasteiger partial charge is 0.295 e. The number of anilines is 1. The molecule has 6 nitrogen and oxygen atoms in total. The van der Waals surface area contributed by atoms with E-state index < -0.39 is 0 Å². The van der Waals surface area contributed by atoms with E-state index in [2.05, 4.69) is 15.3 Å². The molecule has 0 atom stereocenters. The second-order valence-corrected chi connectivity index (χ2v) is 3.64. The minimum Gasteiger partial charge on any atom is -0.489 e. The minimum absolute atomic E-state index is 0.231. The normalized spacial score (nSPS) is 17.1. The lowest BCUT2D eigenvalue weighted by Crippen LogP contribution is -2.29. The first-order valence-electron chi connectivity index (χ1n) is 5.27. The van der Waals surface area contributed by atoms with Gasteiger partial charge in [-0.1, -0.05) is 0 Å². The summed E-state index contributed by atoms with van der Waals surface area (Å²) < 4.78 is 10.3. The highest BCUT2D eigenvalue weighted by Crippen LogP contribution is 2.18. The SMILES string of the molecule is COc1c(NC2CCOCC2)nc[nH]c1=O. The van der Waals surface area contributed by atoms with Gasteiger partial charge < -0.3 is 19.8 Å². The van der Waals surface area contributed by atoms with Crippen LogP contribution in [0.5, 0.6) is 5.75 Å². The van der Waals surface area contributed by atoms with Gasteiger partial charge in [-0.3, -0.25) is 4.79 Å². The van der Waals surface area contributed by atoms with E-state index in [-0.39, 0.29) is 17.4 Å². The molecule has 1 aromatic rings. The van der Waals surface area contributed by atoms with Crippen LogP contribution in [0.2, 0.25) is 0 Å². The molecule has 1 fully saturated rings. The molecule has 88 valence electrons. The molecule has 2 rings (SSSR count). The maximum atomic E-state index is 11.4. The van der Waals surface area contributed by atoms with Crippen LogP contribution in [0.4, 0.5) is 5.82 Å². The first-order valence-corrected chi connectivity index (χ1v) is 5.27. The van der Waals surface area contributed by atoms with E-state index in [9.17, 15) is 4.79 Å². The third-order valence-corrected chi connectivity index (χ3v) is 2.58. The highest BCUT2D eigenvalue weighted by molar-refractivity contribution is 5.48. The van der Waals surface area contributed by atoms with Crippen LogP contribution < -0.4 is 15.6 Å². The van der Waals surface area contributed by atoms with Crippen molar-refractivity contribution < 1.29 is 9.47 Å². The van der Waals surface area contributed by atoms with Crippen molar-refractivity contribution in [2.24, 2.45) is 0 Å². The number of nitrogens with one attached hydrogen (secondary N) is 2. The average Bonchev–Trinajstić information content (AvgIpc) is 2.31. The Morgan fingerprint density at radius 3 is 3.00 bits per heavy atom.